The van der Waals surface area contributed by atoms with Crippen molar-refractivity contribution in [3.63, 3.8) is 0 Å². The molecule has 0 spiro atoms. The minimum Gasteiger partial charge on any atom is -0.486 e. The van der Waals surface area contributed by atoms with Gasteiger partial charge < -0.3 is 10.1 Å². The monoisotopic (exact) mass is 684 g/mol. The summed E-state index contributed by atoms with van der Waals surface area (Å²) in [6, 6.07) is 24.6. The Morgan fingerprint density at radius 3 is 2.54 bits per heavy atom. The summed E-state index contributed by atoms with van der Waals surface area (Å²) in [6.45, 7) is 1.86. The van der Waals surface area contributed by atoms with Crippen LogP contribution in [0.1, 0.15) is 11.1 Å². The lowest BCUT2D eigenvalue weighted by atomic mass is 10.2. The Bertz CT molecular complexity index is 2450. The van der Waals surface area contributed by atoms with Crippen LogP contribution in [0.25, 0.3) is 27.9 Å². The summed E-state index contributed by atoms with van der Waals surface area (Å²) in [5, 5.41) is 11.4. The highest BCUT2D eigenvalue weighted by Crippen LogP contribution is 2.33. The molecule has 7 rings (SSSR count). The number of nitrogens with zero attached hydrogens (tertiary/aromatic N) is 6. The molecule has 0 aliphatic rings. The molecule has 0 aliphatic carbocycles. The van der Waals surface area contributed by atoms with Gasteiger partial charge in [-0.3, -0.25) is 4.72 Å². The van der Waals surface area contributed by atoms with E-state index in [4.69, 9.17) is 16.3 Å². The standard InChI is InChI=1S/C33H23ClF2N8O3S/c1-19-21(34)9-5-12-27(19)48(45,46)42-23-14-13-22(35)30(29(23)36)40-33-31-24(37-18-38-33)15-16-28(39-31)44-25-10-6-11-26(32(25)41-43-44)47-17-20-7-3-2-4-8-20/h2-16,18,42H,17H2,1H3,(H,37,38,40). The van der Waals surface area contributed by atoms with Gasteiger partial charge in [-0.1, -0.05) is 59.3 Å². The molecule has 3 heterocycles. The maximum absolute atomic E-state index is 15.8. The molecule has 0 saturated carbocycles. The van der Waals surface area contributed by atoms with Crippen LogP contribution in [0.5, 0.6) is 5.75 Å². The van der Waals surface area contributed by atoms with E-state index in [1.54, 1.807) is 30.3 Å². The van der Waals surface area contributed by atoms with Crippen LogP contribution >= 0.6 is 11.6 Å². The van der Waals surface area contributed by atoms with Crippen LogP contribution in [0.15, 0.2) is 102 Å². The van der Waals surface area contributed by atoms with Gasteiger partial charge in [0.15, 0.2) is 23.0 Å². The van der Waals surface area contributed by atoms with Crippen molar-refractivity contribution in [3.8, 4) is 11.6 Å². The first-order valence-electron chi connectivity index (χ1n) is 14.4. The lowest BCUT2D eigenvalue weighted by molar-refractivity contribution is 0.309. The molecule has 0 bridgehead atoms. The molecule has 0 amide bonds. The number of sulfonamides is 1. The Kier molecular flexibility index (Phi) is 8.03. The van der Waals surface area contributed by atoms with Gasteiger partial charge in [0.25, 0.3) is 10.0 Å². The molecular weight excluding hydrogens is 662 g/mol. The van der Waals surface area contributed by atoms with Crippen molar-refractivity contribution in [2.45, 2.75) is 18.4 Å². The number of hydrogen-bond acceptors (Lipinski definition) is 9. The van der Waals surface area contributed by atoms with Crippen LogP contribution in [0.3, 0.4) is 0 Å². The van der Waals surface area contributed by atoms with E-state index in [-0.39, 0.29) is 26.8 Å². The smallest absolute Gasteiger partial charge is 0.262 e. The van der Waals surface area contributed by atoms with Gasteiger partial charge in [-0.05, 0) is 66.6 Å². The van der Waals surface area contributed by atoms with E-state index >= 15 is 8.78 Å². The minimum atomic E-state index is -4.28. The van der Waals surface area contributed by atoms with E-state index in [0.29, 0.717) is 34.7 Å². The lowest BCUT2D eigenvalue weighted by Crippen LogP contribution is -2.16. The Hall–Kier alpha value is -5.73. The molecule has 0 unspecified atom stereocenters. The second kappa shape index (κ2) is 12.5. The summed E-state index contributed by atoms with van der Waals surface area (Å²) in [5.41, 5.74) is 1.75. The molecule has 11 nitrogen and oxygen atoms in total. The number of aromatic nitrogens is 6. The van der Waals surface area contributed by atoms with E-state index < -0.39 is 33.0 Å². The molecule has 0 fully saturated rings. The Morgan fingerprint density at radius 2 is 1.71 bits per heavy atom. The molecule has 4 aromatic carbocycles. The Labute approximate surface area is 277 Å². The van der Waals surface area contributed by atoms with Crippen LogP contribution < -0.4 is 14.8 Å². The number of nitrogens with one attached hydrogen (secondary N) is 2. The number of anilines is 3. The molecule has 0 saturated heterocycles. The number of benzene rings is 4. The van der Waals surface area contributed by atoms with Crippen molar-refractivity contribution in [1.29, 1.82) is 0 Å². The Morgan fingerprint density at radius 1 is 0.896 bits per heavy atom. The van der Waals surface area contributed by atoms with E-state index in [2.05, 4.69) is 35.3 Å². The number of pyridine rings is 1. The summed E-state index contributed by atoms with van der Waals surface area (Å²) >= 11 is 6.09. The molecule has 48 heavy (non-hydrogen) atoms. The maximum Gasteiger partial charge on any atom is 0.262 e. The fraction of sp³-hybridized carbons (Fsp3) is 0.0606. The number of fused-ring (bicyclic) bond motifs is 2. The zero-order valence-electron chi connectivity index (χ0n) is 24.9. The molecule has 0 atom stereocenters. The van der Waals surface area contributed by atoms with E-state index in [1.165, 1.54) is 36.1 Å². The van der Waals surface area contributed by atoms with E-state index in [9.17, 15) is 8.42 Å². The summed E-state index contributed by atoms with van der Waals surface area (Å²) in [5.74, 6) is -1.39. The third-order valence-corrected chi connectivity index (χ3v) is 9.37. The first-order valence-corrected chi connectivity index (χ1v) is 16.2. The van der Waals surface area contributed by atoms with E-state index in [0.717, 1.165) is 17.7 Å². The fourth-order valence-electron chi connectivity index (χ4n) is 5.02. The lowest BCUT2D eigenvalue weighted by Gasteiger charge is -2.15. The van der Waals surface area contributed by atoms with Crippen LogP contribution in [0.4, 0.5) is 26.0 Å². The zero-order valence-corrected chi connectivity index (χ0v) is 26.5. The van der Waals surface area contributed by atoms with Crippen LogP contribution in [0, 0.1) is 18.6 Å². The Balaban J connectivity index is 1.22. The van der Waals surface area contributed by atoms with Crippen molar-refractivity contribution < 1.29 is 21.9 Å². The van der Waals surface area contributed by atoms with Gasteiger partial charge in [0.05, 0.1) is 16.1 Å². The average Bonchev–Trinajstić information content (AvgIpc) is 3.53. The number of halogens is 3. The third-order valence-electron chi connectivity index (χ3n) is 7.45. The summed E-state index contributed by atoms with van der Waals surface area (Å²) in [7, 11) is -4.28. The molecule has 0 radical (unpaired) electrons. The molecular formula is C33H23ClF2N8O3S. The normalized spacial score (nSPS) is 11.6. The van der Waals surface area contributed by atoms with Crippen LogP contribution in [-0.2, 0) is 16.6 Å². The van der Waals surface area contributed by atoms with E-state index in [1.807, 2.05) is 30.3 Å². The van der Waals surface area contributed by atoms with Crippen molar-refractivity contribution in [2.75, 3.05) is 10.0 Å². The molecule has 7 aromatic rings. The quantitative estimate of drug-likeness (QED) is 0.163. The van der Waals surface area contributed by atoms with Crippen molar-refractivity contribution in [2.24, 2.45) is 0 Å². The third kappa shape index (κ3) is 5.82. The molecule has 2 N–H and O–H groups in total. The molecule has 3 aromatic heterocycles. The summed E-state index contributed by atoms with van der Waals surface area (Å²) in [4.78, 5) is 12.9. The minimum absolute atomic E-state index is 0.0401. The van der Waals surface area contributed by atoms with Gasteiger partial charge >= 0.3 is 0 Å². The highest BCUT2D eigenvalue weighted by atomic mass is 35.5. The zero-order chi connectivity index (χ0) is 33.4. The van der Waals surface area contributed by atoms with Crippen LogP contribution in [-0.4, -0.2) is 38.4 Å². The van der Waals surface area contributed by atoms with Gasteiger partial charge in [-0.2, -0.15) is 4.68 Å². The van der Waals surface area contributed by atoms with Crippen molar-refractivity contribution >= 4 is 60.9 Å². The number of ether oxygens (including phenoxy) is 1. The second-order valence-corrected chi connectivity index (χ2v) is 12.6. The topological polar surface area (TPSA) is 137 Å². The summed E-state index contributed by atoms with van der Waals surface area (Å²) in [6.07, 6.45) is 1.21. The van der Waals surface area contributed by atoms with Gasteiger partial charge in [0, 0.05) is 5.02 Å². The highest BCUT2D eigenvalue weighted by molar-refractivity contribution is 7.92. The largest absolute Gasteiger partial charge is 0.486 e. The van der Waals surface area contributed by atoms with Gasteiger partial charge in [-0.15, -0.1) is 5.10 Å². The first-order chi connectivity index (χ1) is 23.2. The van der Waals surface area contributed by atoms with Crippen molar-refractivity contribution in [1.82, 2.24) is 29.9 Å². The first kappa shape index (κ1) is 30.9. The second-order valence-electron chi connectivity index (χ2n) is 10.5. The van der Waals surface area contributed by atoms with Gasteiger partial charge in [0.2, 0.25) is 0 Å². The maximum atomic E-state index is 15.8. The number of rotatable bonds is 9. The average molecular weight is 685 g/mol. The molecule has 0 aliphatic heterocycles. The number of hydrogen-bond donors (Lipinski definition) is 2. The van der Waals surface area contributed by atoms with Gasteiger partial charge in [0.1, 0.15) is 41.2 Å². The van der Waals surface area contributed by atoms with Crippen molar-refractivity contribution in [3.05, 3.63) is 125 Å². The summed E-state index contributed by atoms with van der Waals surface area (Å²) < 4.78 is 66.8. The predicted octanol–water partition coefficient (Wildman–Crippen LogP) is 7.12. The molecule has 240 valence electrons. The predicted molar refractivity (Wildman–Crippen MR) is 177 cm³/mol. The highest BCUT2D eigenvalue weighted by Gasteiger charge is 2.23. The van der Waals surface area contributed by atoms with Crippen LogP contribution in [0.2, 0.25) is 5.02 Å². The fourth-order valence-corrected chi connectivity index (χ4v) is 6.58. The molecule has 15 heteroatoms. The SMILES string of the molecule is Cc1c(Cl)cccc1S(=O)(=O)Nc1ccc(F)c(Nc2ncnc3ccc(-n4nnc5c(OCc6ccccc6)cccc54)nc23)c1F. The van der Waals surface area contributed by atoms with Gasteiger partial charge in [-0.25, -0.2) is 32.2 Å².